The number of furan rings is 1. The molecule has 2 aromatic heterocycles. The van der Waals surface area contributed by atoms with Crippen LogP contribution >= 0.6 is 0 Å². The van der Waals surface area contributed by atoms with Crippen LogP contribution in [0.3, 0.4) is 0 Å². The number of sulfone groups is 1. The molecule has 7 nitrogen and oxygen atoms in total. The van der Waals surface area contributed by atoms with Crippen molar-refractivity contribution < 1.29 is 17.6 Å². The van der Waals surface area contributed by atoms with E-state index in [2.05, 4.69) is 10.3 Å². The predicted octanol–water partition coefficient (Wildman–Crippen LogP) is 1.02. The van der Waals surface area contributed by atoms with Gasteiger partial charge in [0.15, 0.2) is 21.2 Å². The van der Waals surface area contributed by atoms with Gasteiger partial charge in [-0.15, -0.1) is 0 Å². The van der Waals surface area contributed by atoms with Crippen molar-refractivity contribution in [1.29, 1.82) is 0 Å². The van der Waals surface area contributed by atoms with E-state index in [4.69, 9.17) is 10.2 Å². The fourth-order valence-corrected chi connectivity index (χ4v) is 6.34. The molecule has 1 saturated carbocycles. The number of aryl methyl sites for hydroxylation is 1. The molecule has 2 bridgehead atoms. The van der Waals surface area contributed by atoms with Gasteiger partial charge in [-0.3, -0.25) is 4.79 Å². The Hall–Kier alpha value is -1.93. The van der Waals surface area contributed by atoms with E-state index in [0.717, 1.165) is 5.69 Å². The molecule has 8 heteroatoms. The summed E-state index contributed by atoms with van der Waals surface area (Å²) in [5.74, 6) is -0.233. The highest BCUT2D eigenvalue weighted by Crippen LogP contribution is 2.36. The van der Waals surface area contributed by atoms with Gasteiger partial charge in [-0.25, -0.2) is 13.4 Å². The average molecular weight is 363 g/mol. The molecule has 0 aromatic carbocycles. The normalized spacial score (nSPS) is 31.0. The van der Waals surface area contributed by atoms with Crippen LogP contribution in [0, 0.1) is 18.8 Å². The Morgan fingerprint density at radius 2 is 1.96 bits per heavy atom. The molecule has 0 spiro atoms. The largest absolute Gasteiger partial charge is 0.449 e. The van der Waals surface area contributed by atoms with Crippen LogP contribution in [0.5, 0.6) is 0 Å². The predicted molar refractivity (Wildman–Crippen MR) is 92.8 cm³/mol. The lowest BCUT2D eigenvalue weighted by molar-refractivity contribution is 0.0840. The maximum Gasteiger partial charge on any atom is 0.287 e. The molecule has 2 fully saturated rings. The van der Waals surface area contributed by atoms with Crippen molar-refractivity contribution in [2.24, 2.45) is 17.6 Å². The zero-order valence-electron chi connectivity index (χ0n) is 13.9. The summed E-state index contributed by atoms with van der Waals surface area (Å²) in [6.07, 6.45) is 1.23. The first-order chi connectivity index (χ1) is 11.8. The maximum absolute atomic E-state index is 12.6. The third kappa shape index (κ3) is 3.16. The van der Waals surface area contributed by atoms with E-state index in [1.54, 1.807) is 12.1 Å². The van der Waals surface area contributed by atoms with Crippen LogP contribution in [0.4, 0.5) is 0 Å². The molecule has 1 aliphatic heterocycles. The molecule has 0 radical (unpaired) electrons. The lowest BCUT2D eigenvalue weighted by atomic mass is 9.75. The molecule has 4 rings (SSSR count). The first-order valence-corrected chi connectivity index (χ1v) is 10.3. The van der Waals surface area contributed by atoms with Crippen LogP contribution in [-0.2, 0) is 9.84 Å². The van der Waals surface area contributed by atoms with Gasteiger partial charge in [0.2, 0.25) is 0 Å². The van der Waals surface area contributed by atoms with Crippen molar-refractivity contribution in [3.63, 3.8) is 0 Å². The summed E-state index contributed by atoms with van der Waals surface area (Å²) < 4.78 is 29.7. The number of nitrogens with zero attached hydrogens (tertiary/aromatic N) is 1. The number of pyridine rings is 1. The van der Waals surface area contributed by atoms with Crippen molar-refractivity contribution in [1.82, 2.24) is 10.3 Å². The number of aromatic nitrogens is 1. The van der Waals surface area contributed by atoms with E-state index >= 15 is 0 Å². The van der Waals surface area contributed by atoms with Gasteiger partial charge in [-0.2, -0.15) is 0 Å². The summed E-state index contributed by atoms with van der Waals surface area (Å²) >= 11 is 0. The molecular formula is C17H21N3O4S. The molecular weight excluding hydrogens is 342 g/mol. The van der Waals surface area contributed by atoms with Crippen molar-refractivity contribution >= 4 is 26.8 Å². The van der Waals surface area contributed by atoms with Crippen LogP contribution in [0.2, 0.25) is 0 Å². The van der Waals surface area contributed by atoms with Crippen molar-refractivity contribution in [3.8, 4) is 0 Å². The molecule has 2 aliphatic rings. The molecule has 134 valence electrons. The molecule has 1 aliphatic carbocycles. The maximum atomic E-state index is 12.6. The standard InChI is InChI=1S/C17H21N3O4S/c1-9-2-3-14-13(19-9)6-15(24-14)17(21)20-16-10-4-12(18)5-11(16)8-25(22,23)7-10/h2-3,6,10-12,16H,4-5,7-8,18H2,1H3,(H,20,21). The van der Waals surface area contributed by atoms with Crippen molar-refractivity contribution in [2.75, 3.05) is 11.5 Å². The topological polar surface area (TPSA) is 115 Å². The van der Waals surface area contributed by atoms with Gasteiger partial charge in [-0.1, -0.05) is 0 Å². The lowest BCUT2D eigenvalue weighted by Crippen LogP contribution is -2.58. The van der Waals surface area contributed by atoms with Crippen molar-refractivity contribution in [2.45, 2.75) is 31.8 Å². The second kappa shape index (κ2) is 5.81. The van der Waals surface area contributed by atoms with E-state index in [-0.39, 0.29) is 47.1 Å². The number of hydrogen-bond donors (Lipinski definition) is 2. The summed E-state index contributed by atoms with van der Waals surface area (Å²) in [6, 6.07) is 5.05. The number of fused-ring (bicyclic) bond motifs is 3. The fraction of sp³-hybridized carbons (Fsp3) is 0.529. The number of hydrogen-bond acceptors (Lipinski definition) is 6. The molecule has 2 aromatic rings. The van der Waals surface area contributed by atoms with Crippen LogP contribution in [-0.4, -0.2) is 42.9 Å². The lowest BCUT2D eigenvalue weighted by Gasteiger charge is -2.44. The first kappa shape index (κ1) is 16.5. The van der Waals surface area contributed by atoms with Gasteiger partial charge in [0.05, 0.1) is 11.5 Å². The SMILES string of the molecule is Cc1ccc2oc(C(=O)NC3C4CC(N)CC3CS(=O)(=O)C4)cc2n1. The van der Waals surface area contributed by atoms with E-state index in [1.807, 2.05) is 13.0 Å². The molecule has 3 heterocycles. The number of amides is 1. The molecule has 2 unspecified atom stereocenters. The van der Waals surface area contributed by atoms with E-state index < -0.39 is 9.84 Å². The Kier molecular flexibility index (Phi) is 3.84. The first-order valence-electron chi connectivity index (χ1n) is 8.45. The smallest absolute Gasteiger partial charge is 0.287 e. The fourth-order valence-electron chi connectivity index (χ4n) is 4.21. The average Bonchev–Trinajstić information content (AvgIpc) is 2.91. The van der Waals surface area contributed by atoms with Crippen LogP contribution < -0.4 is 11.1 Å². The Labute approximate surface area is 145 Å². The number of nitrogens with two attached hydrogens (primary N) is 1. The van der Waals surface area contributed by atoms with Crippen LogP contribution in [0.25, 0.3) is 11.1 Å². The summed E-state index contributed by atoms with van der Waals surface area (Å²) in [5.41, 5.74) is 8.09. The minimum Gasteiger partial charge on any atom is -0.449 e. The second-order valence-electron chi connectivity index (χ2n) is 7.27. The van der Waals surface area contributed by atoms with Gasteiger partial charge < -0.3 is 15.5 Å². The monoisotopic (exact) mass is 363 g/mol. The number of carbonyl (C=O) groups is 1. The molecule has 1 amide bonds. The minimum atomic E-state index is -3.06. The minimum absolute atomic E-state index is 0.00275. The Bertz CT molecular complexity index is 915. The number of nitrogens with one attached hydrogen (secondary N) is 1. The summed E-state index contributed by atoms with van der Waals surface area (Å²) in [7, 11) is -3.06. The quantitative estimate of drug-likeness (QED) is 0.823. The summed E-state index contributed by atoms with van der Waals surface area (Å²) in [6.45, 7) is 1.87. The molecule has 1 saturated heterocycles. The van der Waals surface area contributed by atoms with Crippen LogP contribution in [0.1, 0.15) is 29.1 Å². The number of carbonyl (C=O) groups excluding carboxylic acids is 1. The molecule has 25 heavy (non-hydrogen) atoms. The van der Waals surface area contributed by atoms with Gasteiger partial charge in [0.25, 0.3) is 5.91 Å². The van der Waals surface area contributed by atoms with Gasteiger partial charge >= 0.3 is 0 Å². The van der Waals surface area contributed by atoms with Gasteiger partial charge in [0.1, 0.15) is 5.52 Å². The van der Waals surface area contributed by atoms with Gasteiger partial charge in [-0.05, 0) is 43.7 Å². The summed E-state index contributed by atoms with van der Waals surface area (Å²) in [5, 5.41) is 2.99. The highest BCUT2D eigenvalue weighted by atomic mass is 32.2. The third-order valence-corrected chi connectivity index (χ3v) is 7.07. The van der Waals surface area contributed by atoms with E-state index in [1.165, 1.54) is 0 Å². The molecule has 2 atom stereocenters. The highest BCUT2D eigenvalue weighted by molar-refractivity contribution is 7.91. The Morgan fingerprint density at radius 1 is 1.28 bits per heavy atom. The molecule has 3 N–H and O–H groups in total. The zero-order valence-corrected chi connectivity index (χ0v) is 14.8. The van der Waals surface area contributed by atoms with Gasteiger partial charge in [0, 0.05) is 23.8 Å². The highest BCUT2D eigenvalue weighted by Gasteiger charge is 2.45. The van der Waals surface area contributed by atoms with Crippen LogP contribution in [0.15, 0.2) is 22.6 Å². The summed E-state index contributed by atoms with van der Waals surface area (Å²) in [4.78, 5) is 17.0. The third-order valence-electron chi connectivity index (χ3n) is 5.20. The van der Waals surface area contributed by atoms with E-state index in [0.29, 0.717) is 23.9 Å². The van der Waals surface area contributed by atoms with E-state index in [9.17, 15) is 13.2 Å². The zero-order chi connectivity index (χ0) is 17.8. The Balaban J connectivity index is 1.57. The van der Waals surface area contributed by atoms with Crippen molar-refractivity contribution in [3.05, 3.63) is 29.7 Å². The number of rotatable bonds is 2. The Morgan fingerprint density at radius 3 is 2.64 bits per heavy atom. The second-order valence-corrected chi connectivity index (χ2v) is 9.43.